The largest absolute Gasteiger partial charge is 0.465 e. The van der Waals surface area contributed by atoms with Crippen molar-refractivity contribution in [1.29, 1.82) is 0 Å². The normalized spacial score (nSPS) is 11.9. The zero-order valence-corrected chi connectivity index (χ0v) is 11.8. The molecule has 16 heavy (non-hydrogen) atoms. The molecule has 1 amide bonds. The van der Waals surface area contributed by atoms with Gasteiger partial charge in [0.1, 0.15) is 0 Å². The van der Waals surface area contributed by atoms with Crippen LogP contribution in [0.3, 0.4) is 0 Å². The topological polar surface area (TPSA) is 59.0 Å². The number of methoxy groups -OCH3 is 2. The van der Waals surface area contributed by atoms with Crippen molar-refractivity contribution in [3.05, 3.63) is 0 Å². The number of rotatable bonds is 7. The zero-order chi connectivity index (χ0) is 12.8. The van der Waals surface area contributed by atoms with Crippen LogP contribution < -0.4 is 0 Å². The molecular weight excluding hydrogens is 226 g/mol. The van der Waals surface area contributed by atoms with E-state index in [1.54, 1.807) is 0 Å². The highest BCUT2D eigenvalue weighted by molar-refractivity contribution is 6.76. The van der Waals surface area contributed by atoms with Gasteiger partial charge in [0.2, 0.25) is 0 Å². The third-order valence-corrected chi connectivity index (χ3v) is 4.02. The van der Waals surface area contributed by atoms with Crippen LogP contribution in [-0.4, -0.2) is 57.8 Å². The quantitative estimate of drug-likeness (QED) is 0.553. The van der Waals surface area contributed by atoms with Crippen LogP contribution >= 0.6 is 0 Å². The number of amides is 1. The summed E-state index contributed by atoms with van der Waals surface area (Å²) in [6.07, 6.45) is -1.41. The second-order valence-corrected chi connectivity index (χ2v) is 10.6. The van der Waals surface area contributed by atoms with E-state index in [0.29, 0.717) is 6.54 Å². The summed E-state index contributed by atoms with van der Waals surface area (Å²) in [5.74, 6) is 0. The van der Waals surface area contributed by atoms with Gasteiger partial charge in [-0.3, -0.25) is 0 Å². The average Bonchev–Trinajstić information content (AvgIpc) is 2.16. The third-order valence-electron chi connectivity index (χ3n) is 2.30. The van der Waals surface area contributed by atoms with Crippen LogP contribution in [0.15, 0.2) is 0 Å². The van der Waals surface area contributed by atoms with Crippen LogP contribution in [0.4, 0.5) is 4.79 Å². The average molecular weight is 249 g/mol. The maximum Gasteiger partial charge on any atom is 0.407 e. The SMILES string of the molecule is COC(CN(CC[Si](C)(C)C)C(=O)O)OC. The summed E-state index contributed by atoms with van der Waals surface area (Å²) in [6, 6.07) is 0.944. The highest BCUT2D eigenvalue weighted by Crippen LogP contribution is 2.10. The Hall–Kier alpha value is -0.593. The Morgan fingerprint density at radius 2 is 1.81 bits per heavy atom. The molecular formula is C10H23NO4Si. The van der Waals surface area contributed by atoms with Gasteiger partial charge in [-0.05, 0) is 6.04 Å². The van der Waals surface area contributed by atoms with Crippen molar-refractivity contribution in [2.24, 2.45) is 0 Å². The molecule has 0 radical (unpaired) electrons. The highest BCUT2D eigenvalue weighted by Gasteiger charge is 2.21. The van der Waals surface area contributed by atoms with Crippen LogP contribution in [-0.2, 0) is 9.47 Å². The van der Waals surface area contributed by atoms with Crippen LogP contribution in [0.1, 0.15) is 0 Å². The Kier molecular flexibility index (Phi) is 6.62. The zero-order valence-electron chi connectivity index (χ0n) is 10.8. The lowest BCUT2D eigenvalue weighted by Gasteiger charge is -2.26. The summed E-state index contributed by atoms with van der Waals surface area (Å²) in [5.41, 5.74) is 0. The molecule has 0 aromatic rings. The Morgan fingerprint density at radius 1 is 1.31 bits per heavy atom. The van der Waals surface area contributed by atoms with Crippen LogP contribution in [0.2, 0.25) is 25.7 Å². The predicted molar refractivity (Wildman–Crippen MR) is 65.6 cm³/mol. The minimum atomic E-state index is -1.22. The van der Waals surface area contributed by atoms with Gasteiger partial charge in [0.05, 0.1) is 6.54 Å². The summed E-state index contributed by atoms with van der Waals surface area (Å²) in [7, 11) is 1.79. The fourth-order valence-corrected chi connectivity index (χ4v) is 2.10. The number of ether oxygens (including phenoxy) is 2. The molecule has 0 aliphatic carbocycles. The number of hydrogen-bond acceptors (Lipinski definition) is 3. The first kappa shape index (κ1) is 15.4. The fourth-order valence-electron chi connectivity index (χ4n) is 1.16. The van der Waals surface area contributed by atoms with Gasteiger partial charge in [-0.1, -0.05) is 19.6 Å². The molecule has 0 saturated carbocycles. The van der Waals surface area contributed by atoms with Crippen LogP contribution in [0.5, 0.6) is 0 Å². The Morgan fingerprint density at radius 3 is 2.12 bits per heavy atom. The smallest absolute Gasteiger partial charge is 0.407 e. The van der Waals surface area contributed by atoms with E-state index in [1.165, 1.54) is 19.1 Å². The lowest BCUT2D eigenvalue weighted by atomic mass is 10.5. The number of carbonyl (C=O) groups is 1. The van der Waals surface area contributed by atoms with E-state index in [1.807, 2.05) is 0 Å². The molecule has 0 spiro atoms. The summed E-state index contributed by atoms with van der Waals surface area (Å²) in [5, 5.41) is 9.04. The lowest BCUT2D eigenvalue weighted by Crippen LogP contribution is -2.40. The molecule has 0 unspecified atom stereocenters. The van der Waals surface area contributed by atoms with E-state index in [2.05, 4.69) is 19.6 Å². The number of nitrogens with zero attached hydrogens (tertiary/aromatic N) is 1. The van der Waals surface area contributed by atoms with E-state index in [4.69, 9.17) is 14.6 Å². The second-order valence-electron chi connectivity index (χ2n) is 4.94. The molecule has 0 atom stereocenters. The van der Waals surface area contributed by atoms with E-state index >= 15 is 0 Å². The summed E-state index contributed by atoms with van der Waals surface area (Å²) in [4.78, 5) is 12.4. The van der Waals surface area contributed by atoms with Gasteiger partial charge < -0.3 is 19.5 Å². The van der Waals surface area contributed by atoms with Crippen LogP contribution in [0.25, 0.3) is 0 Å². The molecule has 0 bridgehead atoms. The summed E-state index contributed by atoms with van der Waals surface area (Å²) in [6.45, 7) is 7.46. The molecule has 1 N–H and O–H groups in total. The standard InChI is InChI=1S/C10H23NO4Si/c1-14-9(15-2)8-11(10(12)13)6-7-16(3,4)5/h9H,6-8H2,1-5H3,(H,12,13). The number of hydrogen-bond donors (Lipinski definition) is 1. The summed E-state index contributed by atoms with van der Waals surface area (Å²) >= 11 is 0. The first-order valence-corrected chi connectivity index (χ1v) is 9.04. The summed E-state index contributed by atoms with van der Waals surface area (Å²) < 4.78 is 9.99. The minimum Gasteiger partial charge on any atom is -0.465 e. The van der Waals surface area contributed by atoms with Gasteiger partial charge >= 0.3 is 6.09 Å². The van der Waals surface area contributed by atoms with E-state index in [-0.39, 0.29) is 6.54 Å². The monoisotopic (exact) mass is 249 g/mol. The van der Waals surface area contributed by atoms with Gasteiger partial charge in [-0.15, -0.1) is 0 Å². The molecule has 0 aromatic heterocycles. The van der Waals surface area contributed by atoms with Crippen molar-refractivity contribution in [1.82, 2.24) is 4.90 Å². The maximum atomic E-state index is 11.0. The van der Waals surface area contributed by atoms with Crippen molar-refractivity contribution in [3.8, 4) is 0 Å². The molecule has 0 rings (SSSR count). The molecule has 0 aliphatic rings. The lowest BCUT2D eigenvalue weighted by molar-refractivity contribution is -0.112. The molecule has 5 nitrogen and oxygen atoms in total. The van der Waals surface area contributed by atoms with Gasteiger partial charge in [-0.2, -0.15) is 0 Å². The third kappa shape index (κ3) is 6.81. The predicted octanol–water partition coefficient (Wildman–Crippen LogP) is 1.92. The first-order valence-electron chi connectivity index (χ1n) is 5.33. The fraction of sp³-hybridized carbons (Fsp3) is 0.900. The van der Waals surface area contributed by atoms with E-state index in [9.17, 15) is 4.79 Å². The Balaban J connectivity index is 4.23. The van der Waals surface area contributed by atoms with Crippen LogP contribution in [0, 0.1) is 0 Å². The van der Waals surface area contributed by atoms with Gasteiger partial charge in [-0.25, -0.2) is 4.79 Å². The van der Waals surface area contributed by atoms with Crippen molar-refractivity contribution in [2.75, 3.05) is 27.3 Å². The molecule has 0 fully saturated rings. The van der Waals surface area contributed by atoms with Crippen molar-refractivity contribution >= 4 is 14.2 Å². The highest BCUT2D eigenvalue weighted by atomic mass is 28.3. The van der Waals surface area contributed by atoms with E-state index in [0.717, 1.165) is 6.04 Å². The molecule has 0 saturated heterocycles. The second kappa shape index (κ2) is 6.88. The molecule has 0 aromatic carbocycles. The van der Waals surface area contributed by atoms with Gasteiger partial charge in [0, 0.05) is 28.8 Å². The Bertz CT molecular complexity index is 213. The number of carboxylic acid groups (broad SMARTS) is 1. The minimum absolute atomic E-state index is 0.257. The van der Waals surface area contributed by atoms with Crippen molar-refractivity contribution in [2.45, 2.75) is 32.0 Å². The van der Waals surface area contributed by atoms with Crippen molar-refractivity contribution < 1.29 is 19.4 Å². The van der Waals surface area contributed by atoms with Gasteiger partial charge in [0.15, 0.2) is 6.29 Å². The first-order chi connectivity index (χ1) is 7.30. The molecule has 6 heteroatoms. The maximum absolute atomic E-state index is 11.0. The molecule has 0 aliphatic heterocycles. The molecule has 96 valence electrons. The molecule has 0 heterocycles. The van der Waals surface area contributed by atoms with E-state index < -0.39 is 20.5 Å². The Labute approximate surface area is 98.3 Å². The van der Waals surface area contributed by atoms with Gasteiger partial charge in [0.25, 0.3) is 0 Å². The van der Waals surface area contributed by atoms with Crippen molar-refractivity contribution in [3.63, 3.8) is 0 Å².